The zero-order valence-electron chi connectivity index (χ0n) is 11.6. The first kappa shape index (κ1) is 13.6. The molecule has 1 N–H and O–H groups in total. The molecule has 0 aromatic carbocycles. The van der Waals surface area contributed by atoms with E-state index in [2.05, 4.69) is 28.4 Å². The monoisotopic (exact) mass is 290 g/mol. The Labute approximate surface area is 124 Å². The van der Waals surface area contributed by atoms with Crippen LogP contribution in [0, 0.1) is 0 Å². The molecular formula is C15H19ClN4. The molecule has 0 unspecified atom stereocenters. The van der Waals surface area contributed by atoms with Gasteiger partial charge in [0.05, 0.1) is 10.7 Å². The predicted molar refractivity (Wildman–Crippen MR) is 80.3 cm³/mol. The van der Waals surface area contributed by atoms with Gasteiger partial charge in [-0.1, -0.05) is 18.5 Å². The summed E-state index contributed by atoms with van der Waals surface area (Å²) in [4.78, 5) is 4.45. The molecule has 3 rings (SSSR count). The normalized spacial score (nSPS) is 14.7. The van der Waals surface area contributed by atoms with Crippen molar-refractivity contribution in [2.45, 2.75) is 38.6 Å². The van der Waals surface area contributed by atoms with Gasteiger partial charge in [-0.25, -0.2) is 9.67 Å². The summed E-state index contributed by atoms with van der Waals surface area (Å²) >= 11 is 6.33. The Morgan fingerprint density at radius 2 is 2.30 bits per heavy atom. The summed E-state index contributed by atoms with van der Waals surface area (Å²) in [5, 5.41) is 8.55. The highest BCUT2D eigenvalue weighted by Crippen LogP contribution is 2.39. The van der Waals surface area contributed by atoms with Crippen molar-refractivity contribution < 1.29 is 0 Å². The third-order valence-corrected chi connectivity index (χ3v) is 3.73. The van der Waals surface area contributed by atoms with E-state index in [0.717, 1.165) is 30.8 Å². The minimum atomic E-state index is 0.645. The van der Waals surface area contributed by atoms with Gasteiger partial charge in [-0.05, 0) is 43.5 Å². The Kier molecular flexibility index (Phi) is 4.03. The molecule has 20 heavy (non-hydrogen) atoms. The Hall–Kier alpha value is -1.39. The Balaban J connectivity index is 1.75. The number of rotatable bonds is 6. The van der Waals surface area contributed by atoms with Crippen LogP contribution >= 0.6 is 11.6 Å². The Morgan fingerprint density at radius 3 is 3.00 bits per heavy atom. The molecule has 0 bridgehead atoms. The third-order valence-electron chi connectivity index (χ3n) is 3.46. The van der Waals surface area contributed by atoms with E-state index in [9.17, 15) is 0 Å². The predicted octanol–water partition coefficient (Wildman–Crippen LogP) is 3.30. The Morgan fingerprint density at radius 1 is 1.45 bits per heavy atom. The van der Waals surface area contributed by atoms with E-state index < -0.39 is 0 Å². The summed E-state index contributed by atoms with van der Waals surface area (Å²) in [7, 11) is 0. The summed E-state index contributed by atoms with van der Waals surface area (Å²) in [6.45, 7) is 3.95. The highest BCUT2D eigenvalue weighted by atomic mass is 35.5. The van der Waals surface area contributed by atoms with Crippen molar-refractivity contribution in [1.29, 1.82) is 0 Å². The van der Waals surface area contributed by atoms with Crippen LogP contribution in [0.3, 0.4) is 0 Å². The SMILES string of the molecule is CCCNCc1cnc(-n2ccc(C3CC3)n2)c(Cl)c1. The van der Waals surface area contributed by atoms with Crippen LogP contribution in [0.2, 0.25) is 5.02 Å². The summed E-state index contributed by atoms with van der Waals surface area (Å²) in [5.41, 5.74) is 2.25. The van der Waals surface area contributed by atoms with Crippen LogP contribution in [-0.2, 0) is 6.54 Å². The van der Waals surface area contributed by atoms with Crippen LogP contribution in [0.25, 0.3) is 5.82 Å². The molecule has 5 heteroatoms. The number of hydrogen-bond acceptors (Lipinski definition) is 3. The molecule has 1 aliphatic carbocycles. The van der Waals surface area contributed by atoms with Gasteiger partial charge in [0.25, 0.3) is 0 Å². The standard InChI is InChI=1S/C15H19ClN4/c1-2-6-17-9-11-8-13(16)15(18-10-11)20-7-5-14(19-20)12-3-4-12/h5,7-8,10,12,17H,2-4,6,9H2,1H3. The lowest BCUT2D eigenvalue weighted by Crippen LogP contribution is -2.14. The molecule has 0 atom stereocenters. The van der Waals surface area contributed by atoms with Crippen LogP contribution in [0.1, 0.15) is 43.4 Å². The van der Waals surface area contributed by atoms with Crippen molar-refractivity contribution >= 4 is 11.6 Å². The number of nitrogens with one attached hydrogen (secondary N) is 1. The molecule has 0 aliphatic heterocycles. The Bertz CT molecular complexity index is 589. The molecule has 2 heterocycles. The molecule has 1 saturated carbocycles. The molecule has 0 saturated heterocycles. The number of nitrogens with zero attached hydrogens (tertiary/aromatic N) is 3. The molecule has 0 radical (unpaired) electrons. The summed E-state index contributed by atoms with van der Waals surface area (Å²) in [6, 6.07) is 4.03. The van der Waals surface area contributed by atoms with Crippen molar-refractivity contribution in [3.63, 3.8) is 0 Å². The molecule has 106 valence electrons. The molecule has 1 aliphatic rings. The van der Waals surface area contributed by atoms with E-state index in [0.29, 0.717) is 16.8 Å². The minimum Gasteiger partial charge on any atom is -0.313 e. The van der Waals surface area contributed by atoms with E-state index in [4.69, 9.17) is 11.6 Å². The fraction of sp³-hybridized carbons (Fsp3) is 0.467. The second kappa shape index (κ2) is 5.94. The highest BCUT2D eigenvalue weighted by Gasteiger charge is 2.26. The van der Waals surface area contributed by atoms with E-state index >= 15 is 0 Å². The topological polar surface area (TPSA) is 42.7 Å². The lowest BCUT2D eigenvalue weighted by Gasteiger charge is -2.07. The van der Waals surface area contributed by atoms with Crippen LogP contribution in [0.4, 0.5) is 0 Å². The van der Waals surface area contributed by atoms with Gasteiger partial charge in [-0.15, -0.1) is 0 Å². The van der Waals surface area contributed by atoms with Gasteiger partial charge >= 0.3 is 0 Å². The van der Waals surface area contributed by atoms with E-state index in [1.165, 1.54) is 12.8 Å². The summed E-state index contributed by atoms with van der Waals surface area (Å²) in [5.74, 6) is 1.35. The second-order valence-corrected chi connectivity index (χ2v) is 5.69. The molecule has 4 nitrogen and oxygen atoms in total. The van der Waals surface area contributed by atoms with Crippen molar-refractivity contribution in [2.24, 2.45) is 0 Å². The molecule has 0 spiro atoms. The van der Waals surface area contributed by atoms with Crippen LogP contribution in [-0.4, -0.2) is 21.3 Å². The van der Waals surface area contributed by atoms with Crippen LogP contribution < -0.4 is 5.32 Å². The lowest BCUT2D eigenvalue weighted by atomic mass is 10.2. The van der Waals surface area contributed by atoms with E-state index in [1.54, 1.807) is 4.68 Å². The van der Waals surface area contributed by atoms with Crippen molar-refractivity contribution in [1.82, 2.24) is 20.1 Å². The zero-order chi connectivity index (χ0) is 13.9. The van der Waals surface area contributed by atoms with Crippen LogP contribution in [0.15, 0.2) is 24.5 Å². The summed E-state index contributed by atoms with van der Waals surface area (Å²) < 4.78 is 1.78. The van der Waals surface area contributed by atoms with Crippen molar-refractivity contribution in [3.8, 4) is 5.82 Å². The van der Waals surface area contributed by atoms with Gasteiger partial charge in [0.2, 0.25) is 0 Å². The van der Waals surface area contributed by atoms with Gasteiger partial charge in [-0.3, -0.25) is 0 Å². The van der Waals surface area contributed by atoms with Gasteiger partial charge in [0, 0.05) is 24.9 Å². The molecular weight excluding hydrogens is 272 g/mol. The number of pyridine rings is 1. The molecule has 0 amide bonds. The number of aromatic nitrogens is 3. The zero-order valence-corrected chi connectivity index (χ0v) is 12.4. The van der Waals surface area contributed by atoms with Crippen LogP contribution in [0.5, 0.6) is 0 Å². The first-order chi connectivity index (χ1) is 9.78. The fourth-order valence-electron chi connectivity index (χ4n) is 2.20. The van der Waals surface area contributed by atoms with Gasteiger partial charge in [0.15, 0.2) is 5.82 Å². The maximum atomic E-state index is 6.33. The lowest BCUT2D eigenvalue weighted by molar-refractivity contribution is 0.673. The molecule has 2 aromatic heterocycles. The van der Waals surface area contributed by atoms with Crippen molar-refractivity contribution in [2.75, 3.05) is 6.54 Å². The average molecular weight is 291 g/mol. The fourth-order valence-corrected chi connectivity index (χ4v) is 2.47. The second-order valence-electron chi connectivity index (χ2n) is 5.29. The van der Waals surface area contributed by atoms with E-state index in [1.807, 2.05) is 18.5 Å². The first-order valence-corrected chi connectivity index (χ1v) is 7.57. The molecule has 1 fully saturated rings. The first-order valence-electron chi connectivity index (χ1n) is 7.19. The van der Waals surface area contributed by atoms with Gasteiger partial charge in [-0.2, -0.15) is 5.10 Å². The largest absolute Gasteiger partial charge is 0.313 e. The van der Waals surface area contributed by atoms with Gasteiger partial charge < -0.3 is 5.32 Å². The molecule has 2 aromatic rings. The maximum Gasteiger partial charge on any atom is 0.172 e. The third kappa shape index (κ3) is 3.02. The minimum absolute atomic E-state index is 0.645. The van der Waals surface area contributed by atoms with Gasteiger partial charge in [0.1, 0.15) is 0 Å². The smallest absolute Gasteiger partial charge is 0.172 e. The van der Waals surface area contributed by atoms with Crippen molar-refractivity contribution in [3.05, 3.63) is 40.8 Å². The summed E-state index contributed by atoms with van der Waals surface area (Å²) in [6.07, 6.45) is 7.43. The quantitative estimate of drug-likeness (QED) is 0.830. The average Bonchev–Trinajstić information content (AvgIpc) is 3.18. The number of hydrogen-bond donors (Lipinski definition) is 1. The number of halogens is 1. The van der Waals surface area contributed by atoms with E-state index in [-0.39, 0.29) is 0 Å². The maximum absolute atomic E-state index is 6.33. The highest BCUT2D eigenvalue weighted by molar-refractivity contribution is 6.32.